The number of benzene rings is 1. The van der Waals surface area contributed by atoms with Crippen molar-refractivity contribution in [1.82, 2.24) is 5.32 Å². The summed E-state index contributed by atoms with van der Waals surface area (Å²) in [5.74, 6) is -0.0425. The van der Waals surface area contributed by atoms with Crippen molar-refractivity contribution in [2.45, 2.75) is 38.3 Å². The molecule has 6 heteroatoms. The fourth-order valence-corrected chi connectivity index (χ4v) is 2.18. The summed E-state index contributed by atoms with van der Waals surface area (Å²) in [6.07, 6.45) is 4.14. The molecule has 104 valence electrons. The molecule has 19 heavy (non-hydrogen) atoms. The Balaban J connectivity index is 1.95. The molecule has 0 atom stereocenters. The van der Waals surface area contributed by atoms with Crippen LogP contribution in [0.25, 0.3) is 0 Å². The molecule has 0 bridgehead atoms. The molecule has 0 aromatic heterocycles. The molecule has 1 aromatic carbocycles. The van der Waals surface area contributed by atoms with Crippen molar-refractivity contribution in [2.75, 3.05) is 5.32 Å². The Kier molecular flexibility index (Phi) is 4.54. The van der Waals surface area contributed by atoms with Crippen LogP contribution >= 0.6 is 0 Å². The third-order valence-electron chi connectivity index (χ3n) is 3.04. The zero-order valence-electron chi connectivity index (χ0n) is 10.4. The summed E-state index contributed by atoms with van der Waals surface area (Å²) >= 11 is 0. The van der Waals surface area contributed by atoms with E-state index >= 15 is 0 Å². The van der Waals surface area contributed by atoms with Gasteiger partial charge >= 0.3 is 12.6 Å². The number of ether oxygens (including phenoxy) is 1. The van der Waals surface area contributed by atoms with Gasteiger partial charge in [-0.2, -0.15) is 8.78 Å². The number of urea groups is 1. The van der Waals surface area contributed by atoms with E-state index in [1.54, 1.807) is 12.1 Å². The van der Waals surface area contributed by atoms with E-state index in [9.17, 15) is 13.6 Å². The van der Waals surface area contributed by atoms with Crippen LogP contribution in [-0.4, -0.2) is 18.7 Å². The number of para-hydroxylation sites is 2. The molecule has 2 N–H and O–H groups in total. The fraction of sp³-hybridized carbons (Fsp3) is 0.462. The normalized spacial score (nSPS) is 15.5. The molecule has 0 aliphatic heterocycles. The van der Waals surface area contributed by atoms with Gasteiger partial charge in [-0.1, -0.05) is 25.0 Å². The minimum atomic E-state index is -2.92. The Labute approximate surface area is 110 Å². The van der Waals surface area contributed by atoms with Crippen LogP contribution in [0.15, 0.2) is 24.3 Å². The van der Waals surface area contributed by atoms with E-state index < -0.39 is 12.6 Å². The van der Waals surface area contributed by atoms with Crippen LogP contribution in [0.2, 0.25) is 0 Å². The van der Waals surface area contributed by atoms with Gasteiger partial charge in [-0.3, -0.25) is 0 Å². The van der Waals surface area contributed by atoms with E-state index in [2.05, 4.69) is 15.4 Å². The van der Waals surface area contributed by atoms with Crippen molar-refractivity contribution >= 4 is 11.7 Å². The molecule has 0 saturated heterocycles. The summed E-state index contributed by atoms with van der Waals surface area (Å²) in [6.45, 7) is -2.92. The first-order valence-electron chi connectivity index (χ1n) is 6.26. The van der Waals surface area contributed by atoms with Gasteiger partial charge in [-0.25, -0.2) is 4.79 Å². The lowest BCUT2D eigenvalue weighted by Crippen LogP contribution is -2.36. The molecule has 0 heterocycles. The highest BCUT2D eigenvalue weighted by molar-refractivity contribution is 5.91. The standard InChI is InChI=1S/C13H16F2N2O2/c14-12(15)19-11-8-4-3-7-10(11)17-13(18)16-9-5-1-2-6-9/h3-4,7-9,12H,1-2,5-6H2,(H2,16,17,18). The van der Waals surface area contributed by atoms with Gasteiger partial charge in [0.25, 0.3) is 0 Å². The lowest BCUT2D eigenvalue weighted by Gasteiger charge is -2.15. The topological polar surface area (TPSA) is 50.4 Å². The Morgan fingerprint density at radius 2 is 1.95 bits per heavy atom. The summed E-state index contributed by atoms with van der Waals surface area (Å²) < 4.78 is 28.8. The van der Waals surface area contributed by atoms with Gasteiger partial charge in [-0.15, -0.1) is 0 Å². The monoisotopic (exact) mass is 270 g/mol. The molecular weight excluding hydrogens is 254 g/mol. The maximum absolute atomic E-state index is 12.2. The molecule has 2 rings (SSSR count). The number of halogens is 2. The molecule has 1 aliphatic carbocycles. The quantitative estimate of drug-likeness (QED) is 0.881. The number of amides is 2. The lowest BCUT2D eigenvalue weighted by molar-refractivity contribution is -0.0493. The number of hydrogen-bond donors (Lipinski definition) is 2. The largest absolute Gasteiger partial charge is 0.433 e. The highest BCUT2D eigenvalue weighted by atomic mass is 19.3. The molecule has 1 saturated carbocycles. The molecule has 0 radical (unpaired) electrons. The fourth-order valence-electron chi connectivity index (χ4n) is 2.18. The Hall–Kier alpha value is -1.85. The first-order chi connectivity index (χ1) is 9.15. The van der Waals surface area contributed by atoms with Gasteiger partial charge in [0.1, 0.15) is 5.75 Å². The van der Waals surface area contributed by atoms with Crippen molar-refractivity contribution in [1.29, 1.82) is 0 Å². The SMILES string of the molecule is O=C(Nc1ccccc1OC(F)F)NC1CCCC1. The second-order valence-electron chi connectivity index (χ2n) is 4.45. The van der Waals surface area contributed by atoms with Crippen LogP contribution in [0.5, 0.6) is 5.75 Å². The molecule has 2 amide bonds. The van der Waals surface area contributed by atoms with Crippen LogP contribution in [0.4, 0.5) is 19.3 Å². The first-order valence-corrected chi connectivity index (χ1v) is 6.26. The number of hydrogen-bond acceptors (Lipinski definition) is 2. The van der Waals surface area contributed by atoms with Crippen molar-refractivity contribution < 1.29 is 18.3 Å². The number of anilines is 1. The molecule has 4 nitrogen and oxygen atoms in total. The van der Waals surface area contributed by atoms with Gasteiger partial charge in [0.2, 0.25) is 0 Å². The highest BCUT2D eigenvalue weighted by Gasteiger charge is 2.18. The van der Waals surface area contributed by atoms with Gasteiger partial charge in [-0.05, 0) is 25.0 Å². The van der Waals surface area contributed by atoms with Crippen molar-refractivity contribution in [3.8, 4) is 5.75 Å². The third kappa shape index (κ3) is 4.08. The number of alkyl halides is 2. The zero-order chi connectivity index (χ0) is 13.7. The minimum absolute atomic E-state index is 0.0425. The second kappa shape index (κ2) is 6.36. The second-order valence-corrected chi connectivity index (χ2v) is 4.45. The molecule has 1 aromatic rings. The third-order valence-corrected chi connectivity index (χ3v) is 3.04. The maximum atomic E-state index is 12.2. The molecule has 0 spiro atoms. The summed E-state index contributed by atoms with van der Waals surface area (Å²) in [5, 5.41) is 5.35. The summed E-state index contributed by atoms with van der Waals surface area (Å²) in [5.41, 5.74) is 0.235. The minimum Gasteiger partial charge on any atom is -0.433 e. The Bertz CT molecular complexity index is 434. The number of nitrogens with one attached hydrogen (secondary N) is 2. The Morgan fingerprint density at radius 1 is 1.26 bits per heavy atom. The average Bonchev–Trinajstić information content (AvgIpc) is 2.83. The van der Waals surface area contributed by atoms with Crippen LogP contribution in [0, 0.1) is 0 Å². The highest BCUT2D eigenvalue weighted by Crippen LogP contribution is 2.25. The zero-order valence-corrected chi connectivity index (χ0v) is 10.4. The van der Waals surface area contributed by atoms with E-state index in [1.807, 2.05) is 0 Å². The molecule has 1 fully saturated rings. The van der Waals surface area contributed by atoms with Gasteiger partial charge < -0.3 is 15.4 Å². The van der Waals surface area contributed by atoms with Crippen LogP contribution in [-0.2, 0) is 0 Å². The predicted octanol–water partition coefficient (Wildman–Crippen LogP) is 3.35. The van der Waals surface area contributed by atoms with Crippen molar-refractivity contribution in [3.63, 3.8) is 0 Å². The van der Waals surface area contributed by atoms with Crippen molar-refractivity contribution in [2.24, 2.45) is 0 Å². The van der Waals surface area contributed by atoms with E-state index in [-0.39, 0.29) is 17.5 Å². The molecule has 1 aliphatic rings. The van der Waals surface area contributed by atoms with E-state index in [1.165, 1.54) is 12.1 Å². The lowest BCUT2D eigenvalue weighted by atomic mass is 10.2. The van der Waals surface area contributed by atoms with Gasteiger partial charge in [0.05, 0.1) is 5.69 Å². The van der Waals surface area contributed by atoms with E-state index in [0.717, 1.165) is 25.7 Å². The average molecular weight is 270 g/mol. The maximum Gasteiger partial charge on any atom is 0.387 e. The summed E-state index contributed by atoms with van der Waals surface area (Å²) in [4.78, 5) is 11.7. The summed E-state index contributed by atoms with van der Waals surface area (Å²) in [7, 11) is 0. The van der Waals surface area contributed by atoms with Crippen LogP contribution in [0.1, 0.15) is 25.7 Å². The number of carbonyl (C=O) groups is 1. The first kappa shape index (κ1) is 13.6. The van der Waals surface area contributed by atoms with Gasteiger partial charge in [0.15, 0.2) is 0 Å². The number of rotatable bonds is 4. The predicted molar refractivity (Wildman–Crippen MR) is 67.5 cm³/mol. The van der Waals surface area contributed by atoms with Crippen molar-refractivity contribution in [3.05, 3.63) is 24.3 Å². The molecule has 0 unspecified atom stereocenters. The number of carbonyl (C=O) groups excluding carboxylic acids is 1. The summed E-state index contributed by atoms with van der Waals surface area (Å²) in [6, 6.07) is 5.89. The van der Waals surface area contributed by atoms with Gasteiger partial charge in [0, 0.05) is 6.04 Å². The Morgan fingerprint density at radius 3 is 2.63 bits per heavy atom. The molecular formula is C13H16F2N2O2. The van der Waals surface area contributed by atoms with Crippen LogP contribution in [0.3, 0.4) is 0 Å². The van der Waals surface area contributed by atoms with E-state index in [0.29, 0.717) is 0 Å². The van der Waals surface area contributed by atoms with Crippen LogP contribution < -0.4 is 15.4 Å². The van der Waals surface area contributed by atoms with E-state index in [4.69, 9.17) is 0 Å². The smallest absolute Gasteiger partial charge is 0.387 e.